The topological polar surface area (TPSA) is 36.9 Å². The second kappa shape index (κ2) is 36.6. The van der Waals surface area contributed by atoms with Gasteiger partial charge in [-0.05, 0) is 157 Å². The largest absolute Gasteiger partial charge is 0.527 e. The molecule has 33 heteroatoms. The summed E-state index contributed by atoms with van der Waals surface area (Å²) >= 11 is 1.76. The minimum Gasteiger partial charge on any atom is -0.429 e. The molecule has 120 heavy (non-hydrogen) atoms. The summed E-state index contributed by atoms with van der Waals surface area (Å²) in [6.45, 7) is 6.09. The number of benzene rings is 12. The van der Waals surface area contributed by atoms with Crippen LogP contribution in [0.1, 0.15) is 84.5 Å². The van der Waals surface area contributed by atoms with E-state index in [4.69, 9.17) is 0 Å². The van der Waals surface area contributed by atoms with Gasteiger partial charge in [-0.3, -0.25) is 0 Å². The van der Waals surface area contributed by atoms with Gasteiger partial charge in [-0.25, -0.2) is 70.6 Å². The molecule has 4 nitrogen and oxygen atoms in total. The summed E-state index contributed by atoms with van der Waals surface area (Å²) in [5.74, 6) is -29.0. The molecule has 0 fully saturated rings. The normalized spacial score (nSPS) is 12.1. The minimum absolute atomic E-state index is 0.0138. The monoisotopic (exact) mass is 1770 g/mol. The number of hydrogen-bond donors (Lipinski definition) is 0. The average Bonchev–Trinajstić information content (AvgIpc) is 0.756. The third kappa shape index (κ3) is 21.7. The molecule has 0 spiro atoms. The number of hydrogen-bond acceptors (Lipinski definition) is 4. The lowest BCUT2D eigenvalue weighted by molar-refractivity contribution is -0.432. The van der Waals surface area contributed by atoms with E-state index >= 15 is 0 Å². The Hall–Kier alpha value is -11.5. The Labute approximate surface area is 672 Å². The Kier molecular flexibility index (Phi) is 27.7. The van der Waals surface area contributed by atoms with E-state index in [1.165, 1.54) is 36.4 Å². The van der Waals surface area contributed by atoms with Crippen LogP contribution in [-0.4, -0.2) is 6.36 Å². The molecule has 0 aliphatic rings. The Morgan fingerprint density at radius 2 is 0.450 bits per heavy atom. The number of rotatable bonds is 24. The minimum atomic E-state index is -6.04. The molecule has 0 heterocycles. The van der Waals surface area contributed by atoms with Gasteiger partial charge in [-0.1, -0.05) is 149 Å². The molecule has 12 aromatic carbocycles. The predicted octanol–water partition coefficient (Wildman–Crippen LogP) is 29.4. The third-order valence-corrected chi connectivity index (χ3v) is 18.1. The Morgan fingerprint density at radius 3 is 0.683 bits per heavy atom. The van der Waals surface area contributed by atoms with Crippen molar-refractivity contribution in [3.8, 4) is 84.0 Å². The predicted molar refractivity (Wildman–Crippen MR) is 390 cm³/mol. The van der Waals surface area contributed by atoms with Crippen molar-refractivity contribution in [1.29, 1.82) is 0 Å². The maximum Gasteiger partial charge on any atom is 0.527 e. The highest BCUT2D eigenvalue weighted by Gasteiger charge is 2.51. The van der Waals surface area contributed by atoms with Gasteiger partial charge in [0.1, 0.15) is 132 Å². The van der Waals surface area contributed by atoms with E-state index in [0.717, 1.165) is 72.9 Å². The van der Waals surface area contributed by atoms with E-state index in [9.17, 15) is 123 Å². The molecule has 0 aliphatic carbocycles. The van der Waals surface area contributed by atoms with Crippen molar-refractivity contribution in [3.05, 3.63) is 338 Å². The van der Waals surface area contributed by atoms with Gasteiger partial charge in [-0.15, -0.1) is 13.2 Å². The van der Waals surface area contributed by atoms with E-state index in [1.54, 1.807) is 46.3 Å². The molecular formula is C87H55BrF28O4. The van der Waals surface area contributed by atoms with Crippen LogP contribution in [0.5, 0.6) is 17.2 Å². The zero-order valence-corrected chi connectivity index (χ0v) is 63.1. The molecule has 0 aliphatic heterocycles. The lowest BCUT2D eigenvalue weighted by Gasteiger charge is -2.22. The molecule has 0 bridgehead atoms. The zero-order chi connectivity index (χ0) is 88.1. The molecular weight excluding hydrogens is 1720 g/mol. The fourth-order valence-electron chi connectivity index (χ4n) is 12.4. The average molecular weight is 1780 g/mol. The van der Waals surface area contributed by atoms with Crippen molar-refractivity contribution in [2.45, 2.75) is 94.9 Å². The molecule has 0 aromatic heterocycles. The molecule has 0 saturated heterocycles. The van der Waals surface area contributed by atoms with Crippen LogP contribution in [-0.2, 0) is 53.3 Å². The summed E-state index contributed by atoms with van der Waals surface area (Å²) in [7, 11) is 0. The molecule has 0 N–H and O–H groups in total. The van der Waals surface area contributed by atoms with Gasteiger partial charge in [0.15, 0.2) is 0 Å². The van der Waals surface area contributed by atoms with Crippen LogP contribution >= 0.6 is 15.9 Å². The van der Waals surface area contributed by atoms with Gasteiger partial charge in [0.25, 0.3) is 0 Å². The Morgan fingerprint density at radius 1 is 0.233 bits per heavy atom. The van der Waals surface area contributed by atoms with Gasteiger partial charge in [0, 0.05) is 59.2 Å². The second-order valence-electron chi connectivity index (χ2n) is 26.4. The quantitative estimate of drug-likeness (QED) is 0.0446. The summed E-state index contributed by atoms with van der Waals surface area (Å²) in [5, 5.41) is 0. The van der Waals surface area contributed by atoms with Gasteiger partial charge in [0.05, 0.1) is 0 Å². The molecule has 0 atom stereocenters. The number of ether oxygens (including phenoxy) is 4. The Balaban J connectivity index is 0.000000190. The van der Waals surface area contributed by atoms with Gasteiger partial charge in [-0.2, -0.15) is 43.9 Å². The summed E-state index contributed by atoms with van der Waals surface area (Å²) in [5.41, 5.74) is -5.48. The molecule has 12 rings (SSSR count). The highest BCUT2D eigenvalue weighted by Crippen LogP contribution is 2.47. The maximum absolute atomic E-state index is 15.0. The molecule has 0 radical (unpaired) electrons. The Bertz CT molecular complexity index is 5580. The van der Waals surface area contributed by atoms with Crippen molar-refractivity contribution in [2.24, 2.45) is 0 Å². The molecule has 0 amide bonds. The van der Waals surface area contributed by atoms with E-state index in [-0.39, 0.29) is 46.5 Å². The van der Waals surface area contributed by atoms with Crippen molar-refractivity contribution in [3.63, 3.8) is 0 Å². The van der Waals surface area contributed by atoms with E-state index < -0.39 is 179 Å². The van der Waals surface area contributed by atoms with Crippen LogP contribution < -0.4 is 14.2 Å². The van der Waals surface area contributed by atoms with Crippen LogP contribution in [0.15, 0.2) is 206 Å². The third-order valence-electron chi connectivity index (χ3n) is 17.7. The molecule has 0 saturated carbocycles. The van der Waals surface area contributed by atoms with Crippen LogP contribution in [0.25, 0.3) is 66.8 Å². The van der Waals surface area contributed by atoms with Gasteiger partial charge >= 0.3 is 35.6 Å². The fourth-order valence-corrected chi connectivity index (χ4v) is 12.8. The summed E-state index contributed by atoms with van der Waals surface area (Å²) in [6.07, 6.45) is -20.7. The molecule has 12 aromatic rings. The first-order valence-corrected chi connectivity index (χ1v) is 36.0. The maximum atomic E-state index is 15.0. The van der Waals surface area contributed by atoms with Crippen LogP contribution in [0.3, 0.4) is 0 Å². The van der Waals surface area contributed by atoms with Crippen molar-refractivity contribution in [1.82, 2.24) is 0 Å². The molecule has 0 unspecified atom stereocenters. The lowest BCUT2D eigenvalue weighted by Crippen LogP contribution is -2.30. The van der Waals surface area contributed by atoms with Crippen molar-refractivity contribution in [2.75, 3.05) is 0 Å². The van der Waals surface area contributed by atoms with Gasteiger partial charge < -0.3 is 14.2 Å². The first kappa shape index (κ1) is 90.8. The van der Waals surface area contributed by atoms with Crippen LogP contribution in [0.4, 0.5) is 123 Å². The van der Waals surface area contributed by atoms with Crippen molar-refractivity contribution >= 4 is 15.9 Å². The number of alkyl halides is 14. The van der Waals surface area contributed by atoms with Crippen molar-refractivity contribution < 1.29 is 142 Å². The van der Waals surface area contributed by atoms with E-state index in [2.05, 4.69) is 25.9 Å². The van der Waals surface area contributed by atoms with E-state index in [1.807, 2.05) is 62.4 Å². The summed E-state index contributed by atoms with van der Waals surface area (Å²) in [4.78, 5) is -4.16. The fraction of sp³-hybridized carbons (Fsp3) is 0.172. The second-order valence-corrected chi connectivity index (χ2v) is 27.4. The highest BCUT2D eigenvalue weighted by atomic mass is 79.9. The summed E-state index contributed by atoms with van der Waals surface area (Å²) in [6, 6.07) is 36.9. The molecule has 630 valence electrons. The first-order chi connectivity index (χ1) is 56.2. The van der Waals surface area contributed by atoms with E-state index in [0.29, 0.717) is 82.4 Å². The summed E-state index contributed by atoms with van der Waals surface area (Å²) < 4.78 is 409. The lowest BCUT2D eigenvalue weighted by atomic mass is 9.97. The van der Waals surface area contributed by atoms with Crippen LogP contribution in [0.2, 0.25) is 0 Å². The standard InChI is InChI=1S/C30H18F12O2.C29H18BrF9O.C28H19F7O/c1-2-3-15-4-6-16(7-5-15)17-8-9-20(21(31)10-17)18-11-22(32)26(23(33)12-18)28(36,37)43-19-13-24(34)27(25(35)14-19)29(38,39)44-30(40,41)42;1-2-3-15-4-6-16(7-5-15)17-8-9-20(21(31)10-17)18-11-22(32)27(23(33)12-18)29(38,39)40-19-13-24(34)26(25(35)14-19)28(30,36)37;1-2-3-16-4-6-17(7-5-16)18-8-9-23(24(31)10-18)19-11-25(32)27(26(33)12-19)28(34,35)36-22-14-20(29)13-21(30)15-22/h4-14H,2-3H2,1H3;4-14H,2-3H2,1H3;4-15H,2-3H2,1H3. The van der Waals surface area contributed by atoms with Crippen LogP contribution in [0, 0.1) is 87.3 Å². The first-order valence-electron chi connectivity index (χ1n) is 35.2. The highest BCUT2D eigenvalue weighted by molar-refractivity contribution is 9.09. The number of aryl methyl sites for hydroxylation is 3. The SMILES string of the molecule is CCCc1ccc(-c2ccc(-c3cc(F)c(C(F)(F)Oc4cc(F)c(C(F)(F)Br)c(F)c4)c(F)c3)c(F)c2)cc1.CCCc1ccc(-c2ccc(-c3cc(F)c(C(F)(F)Oc4cc(F)c(C(F)(F)OC(F)(F)F)c(F)c4)c(F)c3)c(F)c2)cc1.CCCc1ccc(-c2ccc(-c3cc(F)c(C(F)(F)Oc4cc(F)cc(F)c4)c(F)c3)c(F)c2)cc1. The van der Waals surface area contributed by atoms with Gasteiger partial charge in [0.2, 0.25) is 0 Å². The zero-order valence-electron chi connectivity index (χ0n) is 61.5. The smallest absolute Gasteiger partial charge is 0.429 e. The number of halogens is 29.